The van der Waals surface area contributed by atoms with Crippen molar-refractivity contribution < 1.29 is 0 Å². The molecule has 0 fully saturated rings. The predicted octanol–water partition coefficient (Wildman–Crippen LogP) is 1.98. The van der Waals surface area contributed by atoms with E-state index in [0.717, 1.165) is 28.6 Å². The van der Waals surface area contributed by atoms with Crippen LogP contribution < -0.4 is 5.56 Å². The number of rotatable bonds is 4. The molecule has 0 bridgehead atoms. The van der Waals surface area contributed by atoms with Crippen LogP contribution in [0, 0.1) is 6.92 Å². The molecule has 0 amide bonds. The second kappa shape index (κ2) is 6.05. The third-order valence-corrected chi connectivity index (χ3v) is 5.03. The summed E-state index contributed by atoms with van der Waals surface area (Å²) in [6.45, 7) is 3.36. The Kier molecular flexibility index (Phi) is 3.85. The Bertz CT molecular complexity index is 1130. The van der Waals surface area contributed by atoms with Gasteiger partial charge in [0.15, 0.2) is 5.82 Å². The largest absolute Gasteiger partial charge is 0.293 e. The van der Waals surface area contributed by atoms with Crippen molar-refractivity contribution in [2.45, 2.75) is 20.0 Å². The van der Waals surface area contributed by atoms with Gasteiger partial charge >= 0.3 is 0 Å². The maximum Gasteiger partial charge on any atom is 0.262 e. The van der Waals surface area contributed by atoms with E-state index in [-0.39, 0.29) is 5.56 Å². The maximum absolute atomic E-state index is 12.5. The number of fused-ring (bicyclic) bond motifs is 3. The van der Waals surface area contributed by atoms with Crippen LogP contribution in [0.5, 0.6) is 0 Å². The molecule has 0 aliphatic rings. The molecule has 128 valence electrons. The lowest BCUT2D eigenvalue weighted by atomic mass is 10.2. The van der Waals surface area contributed by atoms with Gasteiger partial charge in [-0.2, -0.15) is 0 Å². The fourth-order valence-electron chi connectivity index (χ4n) is 3.05. The van der Waals surface area contributed by atoms with E-state index < -0.39 is 0 Å². The van der Waals surface area contributed by atoms with E-state index in [1.807, 2.05) is 42.6 Å². The molecule has 1 aromatic carbocycles. The Balaban J connectivity index is 1.76. The highest BCUT2D eigenvalue weighted by Gasteiger charge is 2.16. The lowest BCUT2D eigenvalue weighted by Crippen LogP contribution is -2.22. The number of hydrogen-bond donors (Lipinski definition) is 0. The number of thiazole rings is 1. The van der Waals surface area contributed by atoms with Crippen LogP contribution in [0.3, 0.4) is 0 Å². The van der Waals surface area contributed by atoms with Gasteiger partial charge in [0.05, 0.1) is 28.1 Å². The Labute approximate surface area is 148 Å². The van der Waals surface area contributed by atoms with Gasteiger partial charge in [-0.3, -0.25) is 18.7 Å². The quantitative estimate of drug-likeness (QED) is 0.560. The zero-order chi connectivity index (χ0) is 17.6. The van der Waals surface area contributed by atoms with Gasteiger partial charge in [0.2, 0.25) is 5.78 Å². The van der Waals surface area contributed by atoms with Gasteiger partial charge in [0.25, 0.3) is 5.56 Å². The van der Waals surface area contributed by atoms with Crippen LogP contribution in [0.1, 0.15) is 16.5 Å². The van der Waals surface area contributed by atoms with Crippen molar-refractivity contribution >= 4 is 28.0 Å². The number of aryl methyl sites for hydroxylation is 2. The third kappa shape index (κ3) is 2.73. The Morgan fingerprint density at radius 1 is 1.20 bits per heavy atom. The summed E-state index contributed by atoms with van der Waals surface area (Å²) in [6, 6.07) is 7.56. The molecule has 0 saturated heterocycles. The number of hydrogen-bond acceptors (Lipinski definition) is 6. The summed E-state index contributed by atoms with van der Waals surface area (Å²) in [5, 5.41) is 12.4. The van der Waals surface area contributed by atoms with Crippen LogP contribution in [0.2, 0.25) is 0 Å². The normalized spacial score (nSPS) is 11.8. The number of nitrogens with zero attached hydrogens (tertiary/aromatic N) is 6. The van der Waals surface area contributed by atoms with E-state index in [0.29, 0.717) is 17.7 Å². The molecule has 3 aromatic heterocycles. The summed E-state index contributed by atoms with van der Waals surface area (Å²) in [6.07, 6.45) is 0. The average Bonchev–Trinajstić information content (AvgIpc) is 3.19. The number of aromatic nitrogens is 5. The minimum atomic E-state index is -0.0617. The predicted molar refractivity (Wildman–Crippen MR) is 97.8 cm³/mol. The van der Waals surface area contributed by atoms with Crippen LogP contribution in [0.25, 0.3) is 16.7 Å². The average molecular weight is 354 g/mol. The van der Waals surface area contributed by atoms with Gasteiger partial charge in [-0.1, -0.05) is 12.1 Å². The van der Waals surface area contributed by atoms with Crippen LogP contribution >= 0.6 is 11.3 Å². The molecule has 4 aromatic rings. The number of para-hydroxylation sites is 1. The highest BCUT2D eigenvalue weighted by Crippen LogP contribution is 2.16. The molecule has 0 N–H and O–H groups in total. The van der Waals surface area contributed by atoms with Crippen LogP contribution in [0.4, 0.5) is 0 Å². The highest BCUT2D eigenvalue weighted by molar-refractivity contribution is 7.09. The molecule has 25 heavy (non-hydrogen) atoms. The molecular weight excluding hydrogens is 336 g/mol. The summed E-state index contributed by atoms with van der Waals surface area (Å²) in [4.78, 5) is 19.1. The first kappa shape index (κ1) is 15.9. The Morgan fingerprint density at radius 2 is 2.00 bits per heavy atom. The van der Waals surface area contributed by atoms with Crippen LogP contribution in [-0.2, 0) is 20.1 Å². The molecule has 3 heterocycles. The lowest BCUT2D eigenvalue weighted by molar-refractivity contribution is 0.306. The molecule has 0 radical (unpaired) electrons. The van der Waals surface area contributed by atoms with Crippen molar-refractivity contribution in [1.82, 2.24) is 29.0 Å². The van der Waals surface area contributed by atoms with Crippen molar-refractivity contribution in [3.8, 4) is 0 Å². The van der Waals surface area contributed by atoms with Gasteiger partial charge in [-0.15, -0.1) is 21.5 Å². The van der Waals surface area contributed by atoms with E-state index >= 15 is 0 Å². The molecule has 0 saturated carbocycles. The van der Waals surface area contributed by atoms with Crippen molar-refractivity contribution in [2.75, 3.05) is 7.05 Å². The van der Waals surface area contributed by atoms with Crippen molar-refractivity contribution in [3.05, 3.63) is 56.5 Å². The van der Waals surface area contributed by atoms with E-state index in [1.54, 1.807) is 23.0 Å². The Hall–Kier alpha value is -2.58. The fraction of sp³-hybridized carbons (Fsp3) is 0.294. The van der Waals surface area contributed by atoms with Crippen LogP contribution in [-0.4, -0.2) is 36.1 Å². The molecule has 0 unspecified atom stereocenters. The molecular formula is C17H18N6OS. The summed E-state index contributed by atoms with van der Waals surface area (Å²) < 4.78 is 3.50. The molecule has 0 aliphatic heterocycles. The number of benzene rings is 1. The van der Waals surface area contributed by atoms with Gasteiger partial charge in [-0.25, -0.2) is 4.98 Å². The highest BCUT2D eigenvalue weighted by atomic mass is 32.1. The summed E-state index contributed by atoms with van der Waals surface area (Å²) >= 11 is 1.65. The topological polar surface area (TPSA) is 68.3 Å². The van der Waals surface area contributed by atoms with Gasteiger partial charge in [-0.05, 0) is 26.1 Å². The first-order valence-electron chi connectivity index (χ1n) is 7.96. The molecule has 7 nitrogen and oxygen atoms in total. The SMILES string of the molecule is Cc1nc(CN(C)Cc2nnc3n(C)c(=O)c4ccccc4n23)cs1. The molecule has 4 rings (SSSR count). The second-order valence-electron chi connectivity index (χ2n) is 6.16. The molecule has 0 atom stereocenters. The smallest absolute Gasteiger partial charge is 0.262 e. The van der Waals surface area contributed by atoms with E-state index in [1.165, 1.54) is 0 Å². The summed E-state index contributed by atoms with van der Waals surface area (Å²) in [5.41, 5.74) is 1.82. The summed E-state index contributed by atoms with van der Waals surface area (Å²) in [7, 11) is 3.75. The first-order chi connectivity index (χ1) is 12.0. The minimum Gasteiger partial charge on any atom is -0.293 e. The minimum absolute atomic E-state index is 0.0617. The monoisotopic (exact) mass is 354 g/mol. The molecule has 0 spiro atoms. The van der Waals surface area contributed by atoms with Crippen molar-refractivity contribution in [1.29, 1.82) is 0 Å². The standard InChI is InChI=1S/C17H18N6OS/c1-11-18-12(10-25-11)8-21(2)9-15-19-20-17-22(3)16(24)13-6-4-5-7-14(13)23(15)17/h4-7,10H,8-9H2,1-3H3. The van der Waals surface area contributed by atoms with E-state index in [4.69, 9.17) is 0 Å². The van der Waals surface area contributed by atoms with Crippen molar-refractivity contribution in [2.24, 2.45) is 7.05 Å². The third-order valence-electron chi connectivity index (χ3n) is 4.20. The molecule has 8 heteroatoms. The molecule has 0 aliphatic carbocycles. The fourth-order valence-corrected chi connectivity index (χ4v) is 3.65. The maximum atomic E-state index is 12.5. The Morgan fingerprint density at radius 3 is 2.76 bits per heavy atom. The zero-order valence-corrected chi connectivity index (χ0v) is 15.1. The van der Waals surface area contributed by atoms with Crippen molar-refractivity contribution in [3.63, 3.8) is 0 Å². The summed E-state index contributed by atoms with van der Waals surface area (Å²) in [5.74, 6) is 1.35. The van der Waals surface area contributed by atoms with E-state index in [9.17, 15) is 4.79 Å². The van der Waals surface area contributed by atoms with Gasteiger partial charge in [0, 0.05) is 19.0 Å². The second-order valence-corrected chi connectivity index (χ2v) is 7.23. The van der Waals surface area contributed by atoms with Gasteiger partial charge < -0.3 is 0 Å². The zero-order valence-electron chi connectivity index (χ0n) is 14.3. The van der Waals surface area contributed by atoms with Crippen LogP contribution in [0.15, 0.2) is 34.4 Å². The lowest BCUT2D eigenvalue weighted by Gasteiger charge is -2.15. The van der Waals surface area contributed by atoms with Gasteiger partial charge in [0.1, 0.15) is 0 Å². The first-order valence-corrected chi connectivity index (χ1v) is 8.84. The van der Waals surface area contributed by atoms with E-state index in [2.05, 4.69) is 25.5 Å².